The third-order valence-electron chi connectivity index (χ3n) is 4.06. The van der Waals surface area contributed by atoms with Gasteiger partial charge in [-0.05, 0) is 41.7 Å². The van der Waals surface area contributed by atoms with Gasteiger partial charge in [0.2, 0.25) is 9.76 Å². The van der Waals surface area contributed by atoms with Crippen LogP contribution in [0.25, 0.3) is 0 Å². The van der Waals surface area contributed by atoms with Gasteiger partial charge in [-0.1, -0.05) is 84.4 Å². The number of unbranched alkanes of at least 4 members (excludes halogenated alkanes) is 6. The number of rotatable bonds is 15. The molecule has 0 bridgehead atoms. The summed E-state index contributed by atoms with van der Waals surface area (Å²) < 4.78 is 5.84. The summed E-state index contributed by atoms with van der Waals surface area (Å²) >= 11 is 0. The maximum atomic E-state index is 5.84. The molecule has 0 aliphatic carbocycles. The topological polar surface area (TPSA) is 9.23 Å². The van der Waals surface area contributed by atoms with Gasteiger partial charge in [0.05, 0.1) is 6.10 Å². The first-order valence-corrected chi connectivity index (χ1v) is 10.1. The van der Waals surface area contributed by atoms with Crippen molar-refractivity contribution in [1.29, 1.82) is 0 Å². The SMILES string of the molecule is C=CC(=C)C(=C)C(O[Si]C)C(=C)C(=C)CCCCCCCCC. The lowest BCUT2D eigenvalue weighted by Crippen LogP contribution is -2.20. The molecule has 0 saturated heterocycles. The van der Waals surface area contributed by atoms with E-state index in [0.29, 0.717) is 9.76 Å². The van der Waals surface area contributed by atoms with Gasteiger partial charge < -0.3 is 4.43 Å². The largest absolute Gasteiger partial charge is 0.407 e. The summed E-state index contributed by atoms with van der Waals surface area (Å²) in [7, 11) is 0.374. The van der Waals surface area contributed by atoms with E-state index in [4.69, 9.17) is 4.43 Å². The molecule has 0 amide bonds. The lowest BCUT2D eigenvalue weighted by Gasteiger charge is -2.24. The summed E-state index contributed by atoms with van der Waals surface area (Å²) in [6, 6.07) is 0. The van der Waals surface area contributed by atoms with E-state index in [1.165, 1.54) is 44.9 Å². The van der Waals surface area contributed by atoms with E-state index in [-0.39, 0.29) is 6.10 Å². The normalized spacial score (nSPS) is 11.7. The van der Waals surface area contributed by atoms with Gasteiger partial charge in [-0.2, -0.15) is 0 Å². The molecule has 0 N–H and O–H groups in total. The van der Waals surface area contributed by atoms with Crippen LogP contribution in [0.15, 0.2) is 61.3 Å². The van der Waals surface area contributed by atoms with Gasteiger partial charge in [0.1, 0.15) is 0 Å². The van der Waals surface area contributed by atoms with E-state index >= 15 is 0 Å². The van der Waals surface area contributed by atoms with Crippen molar-refractivity contribution in [1.82, 2.24) is 0 Å². The fraction of sp³-hybridized carbons (Fsp3) is 0.524. The van der Waals surface area contributed by atoms with Crippen LogP contribution in [0.3, 0.4) is 0 Å². The van der Waals surface area contributed by atoms with Gasteiger partial charge >= 0.3 is 0 Å². The molecule has 2 radical (unpaired) electrons. The van der Waals surface area contributed by atoms with E-state index in [1.54, 1.807) is 6.08 Å². The Morgan fingerprint density at radius 1 is 0.957 bits per heavy atom. The molecule has 23 heavy (non-hydrogen) atoms. The summed E-state index contributed by atoms with van der Waals surface area (Å²) in [5.41, 5.74) is 3.64. The maximum Gasteiger partial charge on any atom is 0.227 e. The second-order valence-corrected chi connectivity index (χ2v) is 6.60. The fourth-order valence-electron chi connectivity index (χ4n) is 2.41. The molecule has 2 heteroatoms. The van der Waals surface area contributed by atoms with E-state index in [1.807, 2.05) is 6.55 Å². The zero-order valence-electron chi connectivity index (χ0n) is 15.3. The summed E-state index contributed by atoms with van der Waals surface area (Å²) in [5, 5.41) is 0. The van der Waals surface area contributed by atoms with Gasteiger partial charge in [-0.15, -0.1) is 0 Å². The lowest BCUT2D eigenvalue weighted by molar-refractivity contribution is 0.295. The second kappa shape index (κ2) is 13.3. The van der Waals surface area contributed by atoms with Crippen LogP contribution in [0.5, 0.6) is 0 Å². The third kappa shape index (κ3) is 8.92. The lowest BCUT2D eigenvalue weighted by atomic mass is 9.91. The molecule has 128 valence electrons. The Hall–Kier alpha value is -1.12. The van der Waals surface area contributed by atoms with Crippen LogP contribution in [-0.2, 0) is 4.43 Å². The quantitative estimate of drug-likeness (QED) is 0.187. The van der Waals surface area contributed by atoms with Crippen molar-refractivity contribution in [3.8, 4) is 0 Å². The van der Waals surface area contributed by atoms with Gasteiger partial charge in [-0.25, -0.2) is 0 Å². The summed E-state index contributed by atoms with van der Waals surface area (Å²) in [6.07, 6.45) is 11.6. The van der Waals surface area contributed by atoms with Crippen LogP contribution in [-0.4, -0.2) is 15.9 Å². The number of hydrogen-bond donors (Lipinski definition) is 0. The van der Waals surface area contributed by atoms with Gasteiger partial charge in [0.15, 0.2) is 0 Å². The molecule has 0 aliphatic heterocycles. The molecular formula is C21H34OSi. The van der Waals surface area contributed by atoms with Crippen LogP contribution >= 0.6 is 0 Å². The van der Waals surface area contributed by atoms with Crippen LogP contribution in [0.1, 0.15) is 58.3 Å². The van der Waals surface area contributed by atoms with E-state index in [9.17, 15) is 0 Å². The molecule has 0 aromatic rings. The number of allylic oxidation sites excluding steroid dienone is 1. The first-order valence-electron chi connectivity index (χ1n) is 8.69. The van der Waals surface area contributed by atoms with E-state index < -0.39 is 0 Å². The van der Waals surface area contributed by atoms with Crippen molar-refractivity contribution in [2.24, 2.45) is 0 Å². The molecule has 0 fully saturated rings. The summed E-state index contributed by atoms with van der Waals surface area (Å²) in [4.78, 5) is 0. The Kier molecular flexibility index (Phi) is 12.7. The van der Waals surface area contributed by atoms with Crippen molar-refractivity contribution in [2.75, 3.05) is 0 Å². The minimum absolute atomic E-state index is 0.221. The summed E-state index contributed by atoms with van der Waals surface area (Å²) in [6.45, 7) is 24.5. The van der Waals surface area contributed by atoms with Gasteiger partial charge in [-0.3, -0.25) is 0 Å². The standard InChI is InChI=1S/C21H34OSi/c1-8-10-11-12-13-14-15-16-18(4)20(6)21(22-23-7)19(5)17(3)9-2/h9,21H,2-6,8,10-16H2,1,7H3. The zero-order valence-corrected chi connectivity index (χ0v) is 16.3. The van der Waals surface area contributed by atoms with E-state index in [0.717, 1.165) is 28.7 Å². The highest BCUT2D eigenvalue weighted by Crippen LogP contribution is 2.27. The Labute approximate surface area is 146 Å². The smallest absolute Gasteiger partial charge is 0.227 e. The molecule has 0 aromatic heterocycles. The van der Waals surface area contributed by atoms with Crippen LogP contribution < -0.4 is 0 Å². The first-order chi connectivity index (χ1) is 11.0. The first kappa shape index (κ1) is 21.9. The number of hydrogen-bond acceptors (Lipinski definition) is 1. The van der Waals surface area contributed by atoms with Gasteiger partial charge in [0.25, 0.3) is 0 Å². The zero-order chi connectivity index (χ0) is 17.7. The Morgan fingerprint density at radius 2 is 1.52 bits per heavy atom. The highest BCUT2D eigenvalue weighted by Gasteiger charge is 2.19. The predicted octanol–water partition coefficient (Wildman–Crippen LogP) is 6.59. The average Bonchev–Trinajstić information content (AvgIpc) is 2.56. The molecule has 1 atom stereocenters. The maximum absolute atomic E-state index is 5.84. The molecule has 0 rings (SSSR count). The van der Waals surface area contributed by atoms with Gasteiger partial charge in [0, 0.05) is 0 Å². The molecular weight excluding hydrogens is 296 g/mol. The highest BCUT2D eigenvalue weighted by molar-refractivity contribution is 6.25. The Balaban J connectivity index is 4.31. The molecule has 0 spiro atoms. The molecule has 1 unspecified atom stereocenters. The van der Waals surface area contributed by atoms with Crippen LogP contribution in [0.2, 0.25) is 6.55 Å². The van der Waals surface area contributed by atoms with Crippen molar-refractivity contribution in [3.05, 3.63) is 61.3 Å². The molecule has 0 aliphatic rings. The van der Waals surface area contributed by atoms with Crippen molar-refractivity contribution >= 4 is 9.76 Å². The summed E-state index contributed by atoms with van der Waals surface area (Å²) in [5.74, 6) is 0. The van der Waals surface area contributed by atoms with Crippen molar-refractivity contribution in [2.45, 2.75) is 70.9 Å². The Bertz CT molecular complexity index is 420. The van der Waals surface area contributed by atoms with Crippen LogP contribution in [0.4, 0.5) is 0 Å². The highest BCUT2D eigenvalue weighted by atomic mass is 28.2. The molecule has 0 heterocycles. The Morgan fingerprint density at radius 3 is 2.04 bits per heavy atom. The minimum Gasteiger partial charge on any atom is -0.407 e. The minimum atomic E-state index is -0.221. The second-order valence-electron chi connectivity index (χ2n) is 5.96. The molecule has 0 aromatic carbocycles. The third-order valence-corrected chi connectivity index (χ3v) is 4.54. The predicted molar refractivity (Wildman–Crippen MR) is 106 cm³/mol. The van der Waals surface area contributed by atoms with Crippen molar-refractivity contribution in [3.63, 3.8) is 0 Å². The monoisotopic (exact) mass is 330 g/mol. The fourth-order valence-corrected chi connectivity index (χ4v) is 2.93. The van der Waals surface area contributed by atoms with E-state index in [2.05, 4.69) is 39.8 Å². The molecule has 0 saturated carbocycles. The average molecular weight is 331 g/mol. The molecule has 1 nitrogen and oxygen atoms in total. The van der Waals surface area contributed by atoms with Crippen molar-refractivity contribution < 1.29 is 4.43 Å². The van der Waals surface area contributed by atoms with Crippen LogP contribution in [0, 0.1) is 0 Å².